The van der Waals surface area contributed by atoms with Crippen LogP contribution in [0, 0.1) is 11.6 Å². The van der Waals surface area contributed by atoms with Crippen molar-refractivity contribution in [1.29, 1.82) is 0 Å². The number of rotatable bonds is 3. The Hall–Kier alpha value is -2.48. The molecule has 2 aliphatic rings. The van der Waals surface area contributed by atoms with E-state index >= 15 is 4.39 Å². The van der Waals surface area contributed by atoms with Crippen molar-refractivity contribution in [1.82, 2.24) is 4.57 Å². The van der Waals surface area contributed by atoms with Gasteiger partial charge in [-0.25, -0.2) is 13.6 Å². The summed E-state index contributed by atoms with van der Waals surface area (Å²) in [6.45, 7) is 2.39. The average Bonchev–Trinajstić information content (AvgIpc) is 3.30. The molecule has 1 aliphatic heterocycles. The molecule has 2 aromatic rings. The lowest BCUT2D eigenvalue weighted by Gasteiger charge is -2.47. The largest absolute Gasteiger partial charge is 0.477 e. The van der Waals surface area contributed by atoms with E-state index in [1.807, 2.05) is 0 Å². The van der Waals surface area contributed by atoms with Gasteiger partial charge in [-0.3, -0.25) is 4.79 Å². The summed E-state index contributed by atoms with van der Waals surface area (Å²) in [6, 6.07) is 0.860. The van der Waals surface area contributed by atoms with E-state index in [9.17, 15) is 19.1 Å². The van der Waals surface area contributed by atoms with Gasteiger partial charge in [0.15, 0.2) is 5.82 Å². The van der Waals surface area contributed by atoms with Gasteiger partial charge in [0.2, 0.25) is 5.43 Å². The second-order valence-corrected chi connectivity index (χ2v) is 7.24. The lowest BCUT2D eigenvalue weighted by molar-refractivity contribution is 0.0694. The molecular weight excluding hydrogens is 332 g/mol. The number of pyridine rings is 1. The molecule has 0 spiro atoms. The zero-order valence-corrected chi connectivity index (χ0v) is 13.6. The molecule has 0 bridgehead atoms. The number of nitrogens with zero attached hydrogens (tertiary/aromatic N) is 2. The van der Waals surface area contributed by atoms with E-state index in [0.717, 1.165) is 18.9 Å². The minimum atomic E-state index is -1.41. The Labute approximate surface area is 141 Å². The summed E-state index contributed by atoms with van der Waals surface area (Å²) in [6.07, 6.45) is 2.68. The molecule has 0 amide bonds. The number of anilines is 1. The molecule has 6 nitrogen and oxygen atoms in total. The fourth-order valence-electron chi connectivity index (χ4n) is 3.50. The van der Waals surface area contributed by atoms with Crippen molar-refractivity contribution in [3.63, 3.8) is 0 Å². The summed E-state index contributed by atoms with van der Waals surface area (Å²) >= 11 is 0. The van der Waals surface area contributed by atoms with Gasteiger partial charge in [-0.05, 0) is 25.8 Å². The normalized spacial score (nSPS) is 19.1. The van der Waals surface area contributed by atoms with Crippen molar-refractivity contribution < 1.29 is 18.7 Å². The number of fused-ring (bicyclic) bond motifs is 1. The molecular formula is C17H17F2N3O3. The van der Waals surface area contributed by atoms with Gasteiger partial charge in [-0.1, -0.05) is 0 Å². The summed E-state index contributed by atoms with van der Waals surface area (Å²) in [5.74, 6) is -3.14. The Kier molecular flexibility index (Phi) is 3.21. The van der Waals surface area contributed by atoms with Gasteiger partial charge in [-0.2, -0.15) is 0 Å². The third-order valence-electron chi connectivity index (χ3n) is 4.77. The molecule has 0 atom stereocenters. The molecule has 1 aromatic carbocycles. The molecule has 1 aliphatic carbocycles. The maximum absolute atomic E-state index is 15.2. The number of carbonyl (C=O) groups is 1. The molecule has 132 valence electrons. The van der Waals surface area contributed by atoms with Crippen molar-refractivity contribution in [3.05, 3.63) is 39.7 Å². The van der Waals surface area contributed by atoms with Crippen LogP contribution >= 0.6 is 0 Å². The molecule has 1 saturated heterocycles. The van der Waals surface area contributed by atoms with E-state index in [1.165, 1.54) is 15.7 Å². The quantitative estimate of drug-likeness (QED) is 0.883. The molecule has 1 saturated carbocycles. The maximum Gasteiger partial charge on any atom is 0.341 e. The molecule has 8 heteroatoms. The van der Waals surface area contributed by atoms with Crippen LogP contribution in [0.4, 0.5) is 14.5 Å². The van der Waals surface area contributed by atoms with Crippen LogP contribution in [0.3, 0.4) is 0 Å². The number of aromatic carboxylic acids is 1. The Morgan fingerprint density at radius 2 is 2.00 bits per heavy atom. The zero-order chi connectivity index (χ0) is 18.1. The highest BCUT2D eigenvalue weighted by Gasteiger charge is 2.39. The van der Waals surface area contributed by atoms with Crippen LogP contribution < -0.4 is 16.1 Å². The number of hydrogen-bond donors (Lipinski definition) is 2. The number of hydrogen-bond acceptors (Lipinski definition) is 4. The fourth-order valence-corrected chi connectivity index (χ4v) is 3.50. The average molecular weight is 349 g/mol. The van der Waals surface area contributed by atoms with Gasteiger partial charge in [0, 0.05) is 30.9 Å². The molecule has 2 heterocycles. The Morgan fingerprint density at radius 3 is 2.52 bits per heavy atom. The van der Waals surface area contributed by atoms with E-state index in [-0.39, 0.29) is 22.6 Å². The number of carboxylic acids is 1. The van der Waals surface area contributed by atoms with E-state index < -0.39 is 34.1 Å². The highest BCUT2D eigenvalue weighted by molar-refractivity contribution is 5.94. The SMILES string of the molecule is CC1(N)CN(c2c(F)cc3c(=O)c(C(=O)O)cn(C4CC4)c3c2F)C1. The van der Waals surface area contributed by atoms with Crippen molar-refractivity contribution in [3.8, 4) is 0 Å². The van der Waals surface area contributed by atoms with Crippen LogP contribution in [0.15, 0.2) is 17.1 Å². The fraction of sp³-hybridized carbons (Fsp3) is 0.412. The first kappa shape index (κ1) is 16.0. The molecule has 3 N–H and O–H groups in total. The van der Waals surface area contributed by atoms with E-state index in [0.29, 0.717) is 13.1 Å². The summed E-state index contributed by atoms with van der Waals surface area (Å²) in [4.78, 5) is 25.2. The number of benzene rings is 1. The first-order valence-corrected chi connectivity index (χ1v) is 8.03. The lowest BCUT2D eigenvalue weighted by Crippen LogP contribution is -2.66. The number of nitrogens with two attached hydrogens (primary N) is 1. The second-order valence-electron chi connectivity index (χ2n) is 7.24. The highest BCUT2D eigenvalue weighted by atomic mass is 19.1. The minimum Gasteiger partial charge on any atom is -0.477 e. The lowest BCUT2D eigenvalue weighted by atomic mass is 9.92. The molecule has 1 aromatic heterocycles. The van der Waals surface area contributed by atoms with Gasteiger partial charge >= 0.3 is 5.97 Å². The van der Waals surface area contributed by atoms with Crippen LogP contribution in [0.5, 0.6) is 0 Å². The van der Waals surface area contributed by atoms with E-state index in [2.05, 4.69) is 0 Å². The second kappa shape index (κ2) is 5.01. The van der Waals surface area contributed by atoms with Crippen molar-refractivity contribution in [2.24, 2.45) is 5.73 Å². The first-order valence-electron chi connectivity index (χ1n) is 8.03. The van der Waals surface area contributed by atoms with E-state index in [1.54, 1.807) is 6.92 Å². The van der Waals surface area contributed by atoms with Crippen molar-refractivity contribution in [2.45, 2.75) is 31.3 Å². The topological polar surface area (TPSA) is 88.6 Å². The number of aromatic nitrogens is 1. The third kappa shape index (κ3) is 2.39. The first-order chi connectivity index (χ1) is 11.7. The van der Waals surface area contributed by atoms with Crippen molar-refractivity contribution >= 4 is 22.6 Å². The Bertz CT molecular complexity index is 971. The monoisotopic (exact) mass is 349 g/mol. The van der Waals surface area contributed by atoms with Crippen LogP contribution in [0.25, 0.3) is 10.9 Å². The van der Waals surface area contributed by atoms with Gasteiger partial charge < -0.3 is 20.3 Å². The van der Waals surface area contributed by atoms with Crippen LogP contribution in [0.2, 0.25) is 0 Å². The van der Waals surface area contributed by atoms with Crippen LogP contribution in [0.1, 0.15) is 36.2 Å². The molecule has 4 rings (SSSR count). The zero-order valence-electron chi connectivity index (χ0n) is 13.6. The number of carboxylic acid groups (broad SMARTS) is 1. The minimum absolute atomic E-state index is 0.0421. The predicted molar refractivity (Wildman–Crippen MR) is 88.2 cm³/mol. The predicted octanol–water partition coefficient (Wildman–Crippen LogP) is 1.85. The highest BCUT2D eigenvalue weighted by Crippen LogP contribution is 2.40. The van der Waals surface area contributed by atoms with Gasteiger partial charge in [0.25, 0.3) is 0 Å². The molecule has 0 radical (unpaired) electrons. The Balaban J connectivity index is 2.00. The van der Waals surface area contributed by atoms with Gasteiger partial charge in [-0.15, -0.1) is 0 Å². The van der Waals surface area contributed by atoms with Crippen LogP contribution in [-0.4, -0.2) is 34.3 Å². The molecule has 2 fully saturated rings. The summed E-state index contributed by atoms with van der Waals surface area (Å²) in [5.41, 5.74) is 3.79. The van der Waals surface area contributed by atoms with E-state index in [4.69, 9.17) is 5.73 Å². The van der Waals surface area contributed by atoms with Crippen molar-refractivity contribution in [2.75, 3.05) is 18.0 Å². The molecule has 25 heavy (non-hydrogen) atoms. The smallest absolute Gasteiger partial charge is 0.341 e. The summed E-state index contributed by atoms with van der Waals surface area (Å²) in [5, 5.41) is 8.97. The third-order valence-corrected chi connectivity index (χ3v) is 4.77. The number of halogens is 2. The standard InChI is InChI=1S/C17H17F2N3O3/c1-17(20)6-21(7-17)14-11(18)4-9-13(12(14)19)22(8-2-3-8)5-10(15(9)23)16(24)25/h4-5,8H,2-3,6-7,20H2,1H3,(H,24,25). The Morgan fingerprint density at radius 1 is 1.36 bits per heavy atom. The van der Waals surface area contributed by atoms with Gasteiger partial charge in [0.1, 0.15) is 17.1 Å². The van der Waals surface area contributed by atoms with Crippen LogP contribution in [-0.2, 0) is 0 Å². The van der Waals surface area contributed by atoms with Gasteiger partial charge in [0.05, 0.1) is 10.9 Å². The summed E-state index contributed by atoms with van der Waals surface area (Å²) in [7, 11) is 0. The summed E-state index contributed by atoms with van der Waals surface area (Å²) < 4.78 is 31.2. The maximum atomic E-state index is 15.2. The molecule has 0 unspecified atom stereocenters.